The summed E-state index contributed by atoms with van der Waals surface area (Å²) in [5.74, 6) is 0. The molecule has 0 aliphatic carbocycles. The maximum absolute atomic E-state index is 5.37. The lowest BCUT2D eigenvalue weighted by atomic mass is 10.2. The van der Waals surface area contributed by atoms with E-state index in [0.717, 1.165) is 36.6 Å². The summed E-state index contributed by atoms with van der Waals surface area (Å²) in [5.41, 5.74) is 1.06. The summed E-state index contributed by atoms with van der Waals surface area (Å²) in [4.78, 5) is 8.65. The molecule has 0 aromatic carbocycles. The fraction of sp³-hybridized carbons (Fsp3) is 0.455. The van der Waals surface area contributed by atoms with Gasteiger partial charge in [-0.15, -0.1) is 23.1 Å². The zero-order valence-corrected chi connectivity index (χ0v) is 10.4. The Balaban J connectivity index is 1.85. The van der Waals surface area contributed by atoms with Gasteiger partial charge in [-0.1, -0.05) is 0 Å². The van der Waals surface area contributed by atoms with Crippen LogP contribution in [0.25, 0.3) is 10.9 Å². The van der Waals surface area contributed by atoms with Gasteiger partial charge in [0, 0.05) is 34.6 Å². The molecular formula is C11H12N2OS2. The van der Waals surface area contributed by atoms with Gasteiger partial charge in [-0.05, 0) is 12.8 Å². The van der Waals surface area contributed by atoms with Gasteiger partial charge >= 0.3 is 0 Å². The van der Waals surface area contributed by atoms with Crippen LogP contribution in [0.2, 0.25) is 0 Å². The second kappa shape index (κ2) is 4.69. The third-order valence-electron chi connectivity index (χ3n) is 2.69. The summed E-state index contributed by atoms with van der Waals surface area (Å²) in [6.45, 7) is 1.77. The molecule has 0 unspecified atom stereocenters. The Morgan fingerprint density at radius 3 is 3.00 bits per heavy atom. The molecule has 0 radical (unpaired) electrons. The molecule has 0 bridgehead atoms. The molecular weight excluding hydrogens is 240 g/mol. The zero-order valence-electron chi connectivity index (χ0n) is 8.76. The fourth-order valence-corrected chi connectivity index (χ4v) is 3.78. The average Bonchev–Trinajstić information content (AvgIpc) is 2.80. The second-order valence-electron chi connectivity index (χ2n) is 3.78. The Hall–Kier alpha value is -0.650. The molecule has 0 N–H and O–H groups in total. The van der Waals surface area contributed by atoms with E-state index in [2.05, 4.69) is 20.7 Å². The lowest BCUT2D eigenvalue weighted by Gasteiger charge is -2.21. The second-order valence-corrected chi connectivity index (χ2v) is 5.81. The average molecular weight is 252 g/mol. The molecule has 1 aliphatic heterocycles. The number of nitrogens with zero attached hydrogens (tertiary/aromatic N) is 2. The number of hydrogen-bond donors (Lipinski definition) is 0. The highest BCUT2D eigenvalue weighted by Gasteiger charge is 2.17. The quantitative estimate of drug-likeness (QED) is 0.770. The van der Waals surface area contributed by atoms with Crippen LogP contribution in [0.1, 0.15) is 12.8 Å². The molecule has 84 valence electrons. The van der Waals surface area contributed by atoms with Gasteiger partial charge < -0.3 is 4.74 Å². The molecule has 3 rings (SSSR count). The largest absolute Gasteiger partial charge is 0.381 e. The monoisotopic (exact) mass is 252 g/mol. The van der Waals surface area contributed by atoms with Crippen LogP contribution in [0.4, 0.5) is 0 Å². The predicted octanol–water partition coefficient (Wildman–Crippen LogP) is 2.96. The number of thiophene rings is 1. The van der Waals surface area contributed by atoms with Crippen LogP contribution in [0, 0.1) is 0 Å². The first-order valence-electron chi connectivity index (χ1n) is 5.35. The standard InChI is InChI=1S/C11H12N2OS2/c1-3-14-4-2-8(1)16-11-9-5-15-6-10(9)12-7-13-11/h5-8H,1-4H2. The molecule has 1 saturated heterocycles. The molecule has 1 fully saturated rings. The number of rotatable bonds is 2. The number of hydrogen-bond acceptors (Lipinski definition) is 5. The molecule has 0 atom stereocenters. The van der Waals surface area contributed by atoms with Crippen LogP contribution in [-0.4, -0.2) is 28.4 Å². The molecule has 16 heavy (non-hydrogen) atoms. The van der Waals surface area contributed by atoms with E-state index in [4.69, 9.17) is 4.74 Å². The van der Waals surface area contributed by atoms with Crippen LogP contribution in [0.3, 0.4) is 0 Å². The predicted molar refractivity (Wildman–Crippen MR) is 67.1 cm³/mol. The first-order valence-corrected chi connectivity index (χ1v) is 7.17. The minimum atomic E-state index is 0.645. The van der Waals surface area contributed by atoms with Gasteiger partial charge in [0.15, 0.2) is 0 Å². The Bertz CT molecular complexity index is 480. The molecule has 3 heterocycles. The first-order chi connectivity index (χ1) is 7.93. The highest BCUT2D eigenvalue weighted by molar-refractivity contribution is 8.00. The molecule has 2 aromatic heterocycles. The van der Waals surface area contributed by atoms with Crippen molar-refractivity contribution in [3.05, 3.63) is 17.1 Å². The molecule has 5 heteroatoms. The van der Waals surface area contributed by atoms with Crippen molar-refractivity contribution < 1.29 is 4.74 Å². The molecule has 1 aliphatic rings. The molecule has 2 aromatic rings. The minimum Gasteiger partial charge on any atom is -0.381 e. The summed E-state index contributed by atoms with van der Waals surface area (Å²) in [6, 6.07) is 0. The molecule has 0 spiro atoms. The summed E-state index contributed by atoms with van der Waals surface area (Å²) >= 11 is 3.56. The first kappa shape index (κ1) is 10.5. The fourth-order valence-electron chi connectivity index (χ4n) is 1.81. The third-order valence-corrected chi connectivity index (χ3v) is 4.77. The Labute approximate surface area is 102 Å². The van der Waals surface area contributed by atoms with Crippen molar-refractivity contribution in [2.45, 2.75) is 23.1 Å². The summed E-state index contributed by atoms with van der Waals surface area (Å²) < 4.78 is 5.37. The lowest BCUT2D eigenvalue weighted by molar-refractivity contribution is 0.1000. The molecule has 0 saturated carbocycles. The Morgan fingerprint density at radius 2 is 2.12 bits per heavy atom. The van der Waals surface area contributed by atoms with Crippen LogP contribution in [0.15, 0.2) is 22.1 Å². The lowest BCUT2D eigenvalue weighted by Crippen LogP contribution is -2.17. The summed E-state index contributed by atoms with van der Waals surface area (Å²) in [6.07, 6.45) is 3.91. The van der Waals surface area contributed by atoms with Gasteiger partial charge in [0.1, 0.15) is 11.4 Å². The van der Waals surface area contributed by atoms with Crippen LogP contribution >= 0.6 is 23.1 Å². The van der Waals surface area contributed by atoms with Gasteiger partial charge in [-0.3, -0.25) is 0 Å². The van der Waals surface area contributed by atoms with Crippen LogP contribution in [0.5, 0.6) is 0 Å². The number of ether oxygens (including phenoxy) is 1. The number of thioether (sulfide) groups is 1. The van der Waals surface area contributed by atoms with E-state index >= 15 is 0 Å². The van der Waals surface area contributed by atoms with E-state index in [1.807, 2.05) is 11.8 Å². The SMILES string of the molecule is c1nc(SC2CCOCC2)c2cscc2n1. The smallest absolute Gasteiger partial charge is 0.117 e. The van der Waals surface area contributed by atoms with Crippen LogP contribution in [-0.2, 0) is 4.74 Å². The topological polar surface area (TPSA) is 35.0 Å². The highest BCUT2D eigenvalue weighted by Crippen LogP contribution is 2.33. The van der Waals surface area contributed by atoms with Gasteiger partial charge in [0.2, 0.25) is 0 Å². The van der Waals surface area contributed by atoms with Gasteiger partial charge in [0.25, 0.3) is 0 Å². The zero-order chi connectivity index (χ0) is 10.8. The Kier molecular flexibility index (Phi) is 3.08. The number of fused-ring (bicyclic) bond motifs is 1. The van der Waals surface area contributed by atoms with E-state index < -0.39 is 0 Å². The minimum absolute atomic E-state index is 0.645. The van der Waals surface area contributed by atoms with Crippen molar-refractivity contribution >= 4 is 34.0 Å². The van der Waals surface area contributed by atoms with E-state index in [0.29, 0.717) is 5.25 Å². The molecule has 0 amide bonds. The van der Waals surface area contributed by atoms with Crippen molar-refractivity contribution in [2.24, 2.45) is 0 Å². The van der Waals surface area contributed by atoms with E-state index in [1.165, 1.54) is 5.39 Å². The van der Waals surface area contributed by atoms with E-state index in [1.54, 1.807) is 17.7 Å². The van der Waals surface area contributed by atoms with Crippen molar-refractivity contribution in [3.63, 3.8) is 0 Å². The number of aromatic nitrogens is 2. The van der Waals surface area contributed by atoms with Crippen molar-refractivity contribution in [3.8, 4) is 0 Å². The maximum atomic E-state index is 5.37. The van der Waals surface area contributed by atoms with E-state index in [-0.39, 0.29) is 0 Å². The molecule has 3 nitrogen and oxygen atoms in total. The highest BCUT2D eigenvalue weighted by atomic mass is 32.2. The normalized spacial score (nSPS) is 18.0. The summed E-state index contributed by atoms with van der Waals surface area (Å²) in [7, 11) is 0. The van der Waals surface area contributed by atoms with Crippen molar-refractivity contribution in [1.82, 2.24) is 9.97 Å². The maximum Gasteiger partial charge on any atom is 0.117 e. The van der Waals surface area contributed by atoms with Crippen molar-refractivity contribution in [2.75, 3.05) is 13.2 Å². The van der Waals surface area contributed by atoms with E-state index in [9.17, 15) is 0 Å². The van der Waals surface area contributed by atoms with Crippen LogP contribution < -0.4 is 0 Å². The Morgan fingerprint density at radius 1 is 1.25 bits per heavy atom. The van der Waals surface area contributed by atoms with Gasteiger partial charge in [-0.25, -0.2) is 9.97 Å². The van der Waals surface area contributed by atoms with Gasteiger partial charge in [-0.2, -0.15) is 0 Å². The summed E-state index contributed by atoms with van der Waals surface area (Å²) in [5, 5.41) is 7.18. The third kappa shape index (κ3) is 2.07. The van der Waals surface area contributed by atoms with Crippen molar-refractivity contribution in [1.29, 1.82) is 0 Å². The van der Waals surface area contributed by atoms with Gasteiger partial charge in [0.05, 0.1) is 5.52 Å².